The second kappa shape index (κ2) is 6.03. The number of carbonyl (C=O) groups excluding carboxylic acids is 1. The van der Waals surface area contributed by atoms with E-state index >= 15 is 0 Å². The summed E-state index contributed by atoms with van der Waals surface area (Å²) in [6.45, 7) is 0. The van der Waals surface area contributed by atoms with Crippen LogP contribution in [0.4, 0.5) is 0 Å². The number of nitriles is 1. The molecule has 1 aliphatic rings. The van der Waals surface area contributed by atoms with Gasteiger partial charge in [-0.05, 0) is 31.1 Å². The number of thiophene rings is 1. The van der Waals surface area contributed by atoms with E-state index in [0.29, 0.717) is 4.34 Å². The Morgan fingerprint density at radius 3 is 2.78 bits per heavy atom. The average molecular weight is 281 g/mol. The molecule has 3 nitrogen and oxygen atoms in total. The molecular formula is C13H13ClN2OS. The van der Waals surface area contributed by atoms with Crippen LogP contribution in [-0.2, 0) is 4.79 Å². The van der Waals surface area contributed by atoms with Crippen molar-refractivity contribution < 1.29 is 4.79 Å². The van der Waals surface area contributed by atoms with Gasteiger partial charge in [-0.25, -0.2) is 0 Å². The number of hydrogen-bond acceptors (Lipinski definition) is 3. The van der Waals surface area contributed by atoms with Crippen LogP contribution in [0.1, 0.15) is 30.6 Å². The molecule has 94 valence electrons. The van der Waals surface area contributed by atoms with Crippen LogP contribution in [0.3, 0.4) is 0 Å². The first kappa shape index (κ1) is 13.1. The van der Waals surface area contributed by atoms with Crippen LogP contribution in [0.5, 0.6) is 0 Å². The molecule has 0 unspecified atom stereocenters. The summed E-state index contributed by atoms with van der Waals surface area (Å²) < 4.78 is 0.648. The molecule has 1 fully saturated rings. The van der Waals surface area contributed by atoms with E-state index < -0.39 is 0 Å². The number of amides is 1. The van der Waals surface area contributed by atoms with Gasteiger partial charge in [0.2, 0.25) is 0 Å². The molecule has 0 aliphatic heterocycles. The minimum atomic E-state index is -0.283. The smallest absolute Gasteiger partial charge is 0.262 e. The summed E-state index contributed by atoms with van der Waals surface area (Å²) in [6.07, 6.45) is 5.90. The zero-order valence-corrected chi connectivity index (χ0v) is 11.4. The van der Waals surface area contributed by atoms with Crippen molar-refractivity contribution in [2.45, 2.75) is 31.7 Å². The maximum atomic E-state index is 11.9. The molecule has 1 aliphatic carbocycles. The molecule has 1 heterocycles. The molecule has 1 aromatic rings. The SMILES string of the molecule is N#C/C(=C/c1ccc(Cl)s1)C(=O)NC1CCCC1. The number of nitrogens with one attached hydrogen (secondary N) is 1. The van der Waals surface area contributed by atoms with Crippen molar-refractivity contribution in [3.8, 4) is 6.07 Å². The summed E-state index contributed by atoms with van der Waals surface area (Å²) in [5.74, 6) is -0.283. The molecule has 0 bridgehead atoms. The zero-order chi connectivity index (χ0) is 13.0. The molecule has 0 saturated heterocycles. The Morgan fingerprint density at radius 1 is 1.50 bits per heavy atom. The van der Waals surface area contributed by atoms with Crippen LogP contribution in [0.2, 0.25) is 4.34 Å². The van der Waals surface area contributed by atoms with Gasteiger partial charge in [0, 0.05) is 10.9 Å². The fraction of sp³-hybridized carbons (Fsp3) is 0.385. The molecule has 1 saturated carbocycles. The Balaban J connectivity index is 2.06. The van der Waals surface area contributed by atoms with Crippen LogP contribution >= 0.6 is 22.9 Å². The number of halogens is 1. The molecule has 1 amide bonds. The minimum Gasteiger partial charge on any atom is -0.349 e. The van der Waals surface area contributed by atoms with Crippen molar-refractivity contribution in [1.29, 1.82) is 5.26 Å². The van der Waals surface area contributed by atoms with Crippen molar-refractivity contribution in [2.24, 2.45) is 0 Å². The van der Waals surface area contributed by atoms with Crippen molar-refractivity contribution in [3.05, 3.63) is 26.9 Å². The molecule has 0 spiro atoms. The standard InChI is InChI=1S/C13H13ClN2OS/c14-12-6-5-11(18-12)7-9(8-15)13(17)16-10-3-1-2-4-10/h5-7,10H,1-4H2,(H,16,17)/b9-7-. The minimum absolute atomic E-state index is 0.139. The first-order valence-electron chi connectivity index (χ1n) is 5.87. The lowest BCUT2D eigenvalue weighted by molar-refractivity contribution is -0.117. The highest BCUT2D eigenvalue weighted by atomic mass is 35.5. The third-order valence-electron chi connectivity index (χ3n) is 2.94. The summed E-state index contributed by atoms with van der Waals surface area (Å²) >= 11 is 7.16. The zero-order valence-electron chi connectivity index (χ0n) is 9.78. The van der Waals surface area contributed by atoms with Crippen LogP contribution in [-0.4, -0.2) is 11.9 Å². The lowest BCUT2D eigenvalue weighted by atomic mass is 10.2. The van der Waals surface area contributed by atoms with Gasteiger partial charge in [0.25, 0.3) is 5.91 Å². The van der Waals surface area contributed by atoms with Crippen molar-refractivity contribution >= 4 is 34.9 Å². The van der Waals surface area contributed by atoms with Gasteiger partial charge >= 0.3 is 0 Å². The number of hydrogen-bond donors (Lipinski definition) is 1. The first-order valence-corrected chi connectivity index (χ1v) is 7.06. The summed E-state index contributed by atoms with van der Waals surface area (Å²) in [5.41, 5.74) is 0.139. The summed E-state index contributed by atoms with van der Waals surface area (Å²) in [7, 11) is 0. The number of rotatable bonds is 3. The molecule has 18 heavy (non-hydrogen) atoms. The number of carbonyl (C=O) groups is 1. The fourth-order valence-corrected chi connectivity index (χ4v) is 3.03. The maximum Gasteiger partial charge on any atom is 0.262 e. The van der Waals surface area contributed by atoms with E-state index in [-0.39, 0.29) is 17.5 Å². The van der Waals surface area contributed by atoms with Gasteiger partial charge in [-0.3, -0.25) is 4.79 Å². The Labute approximate surface area is 115 Å². The quantitative estimate of drug-likeness (QED) is 0.682. The van der Waals surface area contributed by atoms with Crippen molar-refractivity contribution in [1.82, 2.24) is 5.32 Å². The third kappa shape index (κ3) is 3.34. The number of nitrogens with zero attached hydrogens (tertiary/aromatic N) is 1. The normalized spacial score (nSPS) is 16.6. The first-order chi connectivity index (χ1) is 8.69. The molecule has 2 rings (SSSR count). The molecular weight excluding hydrogens is 268 g/mol. The topological polar surface area (TPSA) is 52.9 Å². The van der Waals surface area contributed by atoms with Gasteiger partial charge in [-0.15, -0.1) is 11.3 Å². The van der Waals surface area contributed by atoms with Crippen LogP contribution in [0.25, 0.3) is 6.08 Å². The van der Waals surface area contributed by atoms with Crippen molar-refractivity contribution in [3.63, 3.8) is 0 Å². The maximum absolute atomic E-state index is 11.9. The lowest BCUT2D eigenvalue weighted by Gasteiger charge is -2.10. The molecule has 0 radical (unpaired) electrons. The van der Waals surface area contributed by atoms with Gasteiger partial charge in [0.1, 0.15) is 11.6 Å². The summed E-state index contributed by atoms with van der Waals surface area (Å²) in [6, 6.07) is 5.72. The highest BCUT2D eigenvalue weighted by Crippen LogP contribution is 2.24. The molecule has 0 atom stereocenters. The highest BCUT2D eigenvalue weighted by molar-refractivity contribution is 7.17. The van der Waals surface area contributed by atoms with E-state index in [0.717, 1.165) is 30.6 Å². The highest BCUT2D eigenvalue weighted by Gasteiger charge is 2.19. The Kier molecular flexibility index (Phi) is 4.40. The second-order valence-corrected chi connectivity index (χ2v) is 6.01. The predicted molar refractivity (Wildman–Crippen MR) is 73.3 cm³/mol. The van der Waals surface area contributed by atoms with Gasteiger partial charge < -0.3 is 5.32 Å². The average Bonchev–Trinajstić information content (AvgIpc) is 2.97. The lowest BCUT2D eigenvalue weighted by Crippen LogP contribution is -2.33. The van der Waals surface area contributed by atoms with Gasteiger partial charge in [-0.2, -0.15) is 5.26 Å². The molecule has 1 N–H and O–H groups in total. The summed E-state index contributed by atoms with van der Waals surface area (Å²) in [4.78, 5) is 12.7. The van der Waals surface area contributed by atoms with Crippen molar-refractivity contribution in [2.75, 3.05) is 0 Å². The van der Waals surface area contributed by atoms with Gasteiger partial charge in [0.15, 0.2) is 0 Å². The van der Waals surface area contributed by atoms with Crippen LogP contribution in [0, 0.1) is 11.3 Å². The Hall–Kier alpha value is -1.31. The van der Waals surface area contributed by atoms with Gasteiger partial charge in [0.05, 0.1) is 4.34 Å². The largest absolute Gasteiger partial charge is 0.349 e. The van der Waals surface area contributed by atoms with E-state index in [1.165, 1.54) is 11.3 Å². The van der Waals surface area contributed by atoms with E-state index in [1.54, 1.807) is 18.2 Å². The summed E-state index contributed by atoms with van der Waals surface area (Å²) in [5, 5.41) is 11.9. The van der Waals surface area contributed by atoms with Crippen LogP contribution < -0.4 is 5.32 Å². The van der Waals surface area contributed by atoms with E-state index in [2.05, 4.69) is 5.32 Å². The fourth-order valence-electron chi connectivity index (χ4n) is 2.03. The molecule has 0 aromatic carbocycles. The van der Waals surface area contributed by atoms with E-state index in [9.17, 15) is 4.79 Å². The van der Waals surface area contributed by atoms with Gasteiger partial charge in [-0.1, -0.05) is 24.4 Å². The molecule has 1 aromatic heterocycles. The Morgan fingerprint density at radius 2 is 2.22 bits per heavy atom. The van der Waals surface area contributed by atoms with E-state index in [4.69, 9.17) is 16.9 Å². The third-order valence-corrected chi connectivity index (χ3v) is 4.11. The molecule has 5 heteroatoms. The Bertz CT molecular complexity index is 509. The monoisotopic (exact) mass is 280 g/mol. The van der Waals surface area contributed by atoms with E-state index in [1.807, 2.05) is 6.07 Å². The predicted octanol–water partition coefficient (Wildman–Crippen LogP) is 3.37. The second-order valence-electron chi connectivity index (χ2n) is 4.27. The van der Waals surface area contributed by atoms with Crippen LogP contribution in [0.15, 0.2) is 17.7 Å².